The summed E-state index contributed by atoms with van der Waals surface area (Å²) in [4.78, 5) is 11.4. The lowest BCUT2D eigenvalue weighted by molar-refractivity contribution is -0.116. The molecule has 1 aromatic rings. The van der Waals surface area contributed by atoms with E-state index in [0.717, 1.165) is 0 Å². The third-order valence-electron chi connectivity index (χ3n) is 2.36. The predicted molar refractivity (Wildman–Crippen MR) is 74.8 cm³/mol. The molecule has 2 N–H and O–H groups in total. The SMILES string of the molecule is CCC(O)CNC(=O)/C=C/c1cc(Cl)ccc1Cl. The Bertz CT molecular complexity index is 447. The largest absolute Gasteiger partial charge is 0.391 e. The zero-order chi connectivity index (χ0) is 13.5. The molecule has 1 amide bonds. The van der Waals surface area contributed by atoms with Crippen molar-refractivity contribution in [3.63, 3.8) is 0 Å². The van der Waals surface area contributed by atoms with Gasteiger partial charge in [0.1, 0.15) is 0 Å². The van der Waals surface area contributed by atoms with E-state index in [1.54, 1.807) is 24.3 Å². The van der Waals surface area contributed by atoms with Gasteiger partial charge in [-0.25, -0.2) is 0 Å². The molecule has 0 aliphatic heterocycles. The van der Waals surface area contributed by atoms with Crippen LogP contribution in [0.4, 0.5) is 0 Å². The summed E-state index contributed by atoms with van der Waals surface area (Å²) >= 11 is 11.8. The number of carbonyl (C=O) groups excluding carboxylic acids is 1. The maximum atomic E-state index is 11.4. The zero-order valence-electron chi connectivity index (χ0n) is 9.99. The molecule has 0 saturated heterocycles. The van der Waals surface area contributed by atoms with Crippen molar-refractivity contribution in [1.29, 1.82) is 0 Å². The Labute approximate surface area is 116 Å². The second kappa shape index (κ2) is 7.41. The predicted octanol–water partition coefficient (Wildman–Crippen LogP) is 2.89. The Morgan fingerprint density at radius 2 is 2.22 bits per heavy atom. The minimum absolute atomic E-state index is 0.239. The van der Waals surface area contributed by atoms with Crippen LogP contribution in [0.1, 0.15) is 18.9 Å². The molecule has 0 radical (unpaired) electrons. The highest BCUT2D eigenvalue weighted by Gasteiger charge is 2.02. The molecular formula is C13H15Cl2NO2. The lowest BCUT2D eigenvalue weighted by Gasteiger charge is -2.07. The fraction of sp³-hybridized carbons (Fsp3) is 0.308. The molecule has 0 aromatic heterocycles. The van der Waals surface area contributed by atoms with Crippen LogP contribution < -0.4 is 5.32 Å². The summed E-state index contributed by atoms with van der Waals surface area (Å²) in [6.45, 7) is 2.08. The number of aliphatic hydroxyl groups is 1. The molecule has 0 bridgehead atoms. The first kappa shape index (κ1) is 15.0. The molecule has 0 fully saturated rings. The van der Waals surface area contributed by atoms with Gasteiger partial charge < -0.3 is 10.4 Å². The molecule has 3 nitrogen and oxygen atoms in total. The maximum absolute atomic E-state index is 11.4. The topological polar surface area (TPSA) is 49.3 Å². The number of hydrogen-bond donors (Lipinski definition) is 2. The maximum Gasteiger partial charge on any atom is 0.244 e. The molecule has 98 valence electrons. The number of benzene rings is 1. The van der Waals surface area contributed by atoms with Gasteiger partial charge in [0, 0.05) is 22.7 Å². The third kappa shape index (κ3) is 5.08. The van der Waals surface area contributed by atoms with Gasteiger partial charge in [-0.1, -0.05) is 30.1 Å². The highest BCUT2D eigenvalue weighted by molar-refractivity contribution is 6.34. The number of aliphatic hydroxyl groups excluding tert-OH is 1. The molecular weight excluding hydrogens is 273 g/mol. The van der Waals surface area contributed by atoms with Crippen molar-refractivity contribution in [2.24, 2.45) is 0 Å². The van der Waals surface area contributed by atoms with Crippen molar-refractivity contribution < 1.29 is 9.90 Å². The van der Waals surface area contributed by atoms with Crippen LogP contribution >= 0.6 is 23.2 Å². The van der Waals surface area contributed by atoms with Gasteiger partial charge in [0.2, 0.25) is 5.91 Å². The van der Waals surface area contributed by atoms with Crippen LogP contribution in [0.15, 0.2) is 24.3 Å². The van der Waals surface area contributed by atoms with Gasteiger partial charge in [-0.15, -0.1) is 0 Å². The van der Waals surface area contributed by atoms with E-state index in [2.05, 4.69) is 5.32 Å². The number of rotatable bonds is 5. The van der Waals surface area contributed by atoms with Gasteiger partial charge in [-0.3, -0.25) is 4.79 Å². The molecule has 0 spiro atoms. The molecule has 0 aliphatic carbocycles. The lowest BCUT2D eigenvalue weighted by atomic mass is 10.2. The zero-order valence-corrected chi connectivity index (χ0v) is 11.5. The summed E-state index contributed by atoms with van der Waals surface area (Å²) < 4.78 is 0. The van der Waals surface area contributed by atoms with E-state index in [1.807, 2.05) is 6.92 Å². The van der Waals surface area contributed by atoms with E-state index < -0.39 is 6.10 Å². The Kier molecular flexibility index (Phi) is 6.19. The first-order chi connectivity index (χ1) is 8.52. The minimum Gasteiger partial charge on any atom is -0.391 e. The van der Waals surface area contributed by atoms with E-state index >= 15 is 0 Å². The van der Waals surface area contributed by atoms with Crippen molar-refractivity contribution >= 4 is 35.2 Å². The first-order valence-corrected chi connectivity index (χ1v) is 6.37. The Morgan fingerprint density at radius 1 is 1.50 bits per heavy atom. The summed E-state index contributed by atoms with van der Waals surface area (Å²) in [6.07, 6.45) is 3.03. The fourth-order valence-corrected chi connectivity index (χ4v) is 1.59. The van der Waals surface area contributed by atoms with Crippen molar-refractivity contribution in [1.82, 2.24) is 5.32 Å². The van der Waals surface area contributed by atoms with Crippen LogP contribution in [0.5, 0.6) is 0 Å². The Balaban J connectivity index is 2.58. The average molecular weight is 288 g/mol. The molecule has 0 saturated carbocycles. The number of halogens is 2. The van der Waals surface area contributed by atoms with Crippen molar-refractivity contribution in [3.8, 4) is 0 Å². The summed E-state index contributed by atoms with van der Waals surface area (Å²) in [7, 11) is 0. The van der Waals surface area contributed by atoms with Crippen LogP contribution in [0.3, 0.4) is 0 Å². The van der Waals surface area contributed by atoms with E-state index in [9.17, 15) is 9.90 Å². The van der Waals surface area contributed by atoms with E-state index in [1.165, 1.54) is 6.08 Å². The van der Waals surface area contributed by atoms with Gasteiger partial charge in [0.05, 0.1) is 6.10 Å². The normalized spacial score (nSPS) is 12.7. The molecule has 0 heterocycles. The van der Waals surface area contributed by atoms with Crippen LogP contribution in [0.25, 0.3) is 6.08 Å². The van der Waals surface area contributed by atoms with Gasteiger partial charge in [0.15, 0.2) is 0 Å². The van der Waals surface area contributed by atoms with Crippen molar-refractivity contribution in [2.45, 2.75) is 19.4 Å². The quantitative estimate of drug-likeness (QED) is 0.818. The monoisotopic (exact) mass is 287 g/mol. The number of carbonyl (C=O) groups is 1. The van der Waals surface area contributed by atoms with E-state index in [0.29, 0.717) is 22.0 Å². The highest BCUT2D eigenvalue weighted by atomic mass is 35.5. The number of hydrogen-bond acceptors (Lipinski definition) is 2. The highest BCUT2D eigenvalue weighted by Crippen LogP contribution is 2.21. The van der Waals surface area contributed by atoms with E-state index in [-0.39, 0.29) is 12.5 Å². The summed E-state index contributed by atoms with van der Waals surface area (Å²) in [6, 6.07) is 5.02. The summed E-state index contributed by atoms with van der Waals surface area (Å²) in [5, 5.41) is 13.0. The fourth-order valence-electron chi connectivity index (χ4n) is 1.23. The van der Waals surface area contributed by atoms with Crippen LogP contribution in [-0.4, -0.2) is 23.7 Å². The molecule has 5 heteroatoms. The van der Waals surface area contributed by atoms with Crippen LogP contribution in [-0.2, 0) is 4.79 Å². The second-order valence-corrected chi connectivity index (χ2v) is 4.65. The minimum atomic E-state index is -0.517. The molecule has 1 unspecified atom stereocenters. The number of amides is 1. The molecule has 1 rings (SSSR count). The van der Waals surface area contributed by atoms with Gasteiger partial charge in [-0.2, -0.15) is 0 Å². The molecule has 18 heavy (non-hydrogen) atoms. The van der Waals surface area contributed by atoms with Gasteiger partial charge in [0.25, 0.3) is 0 Å². The molecule has 1 atom stereocenters. The smallest absolute Gasteiger partial charge is 0.244 e. The van der Waals surface area contributed by atoms with Crippen LogP contribution in [0, 0.1) is 0 Å². The van der Waals surface area contributed by atoms with Crippen molar-refractivity contribution in [3.05, 3.63) is 39.9 Å². The summed E-state index contributed by atoms with van der Waals surface area (Å²) in [5.41, 5.74) is 0.676. The van der Waals surface area contributed by atoms with Crippen LogP contribution in [0.2, 0.25) is 10.0 Å². The average Bonchev–Trinajstić information content (AvgIpc) is 2.36. The third-order valence-corrected chi connectivity index (χ3v) is 2.93. The summed E-state index contributed by atoms with van der Waals surface area (Å²) in [5.74, 6) is -0.279. The Morgan fingerprint density at radius 3 is 2.89 bits per heavy atom. The second-order valence-electron chi connectivity index (χ2n) is 3.81. The van der Waals surface area contributed by atoms with Gasteiger partial charge >= 0.3 is 0 Å². The van der Waals surface area contributed by atoms with Gasteiger partial charge in [-0.05, 0) is 36.3 Å². The molecule has 1 aromatic carbocycles. The standard InChI is InChI=1S/C13H15Cl2NO2/c1-2-11(17)8-16-13(18)6-3-9-7-10(14)4-5-12(9)15/h3-7,11,17H,2,8H2,1H3,(H,16,18)/b6-3+. The number of nitrogens with one attached hydrogen (secondary N) is 1. The first-order valence-electron chi connectivity index (χ1n) is 5.62. The van der Waals surface area contributed by atoms with Crippen molar-refractivity contribution in [2.75, 3.05) is 6.54 Å². The van der Waals surface area contributed by atoms with E-state index in [4.69, 9.17) is 23.2 Å². The Hall–Kier alpha value is -1.03. The lowest BCUT2D eigenvalue weighted by Crippen LogP contribution is -2.30. The molecule has 0 aliphatic rings.